The van der Waals surface area contributed by atoms with Crippen LogP contribution in [0.25, 0.3) is 0 Å². The first-order valence-electron chi connectivity index (χ1n) is 9.06. The first-order chi connectivity index (χ1) is 14.0. The van der Waals surface area contributed by atoms with Crippen LogP contribution < -0.4 is 15.4 Å². The minimum Gasteiger partial charge on any atom is -0.496 e. The number of fused-ring (bicyclic) bond motifs is 1. The molecule has 0 saturated carbocycles. The van der Waals surface area contributed by atoms with Gasteiger partial charge in [0.15, 0.2) is 0 Å². The second kappa shape index (κ2) is 7.71. The number of aryl methyl sites for hydroxylation is 1. The number of amides is 1. The zero-order valence-corrected chi connectivity index (χ0v) is 17.8. The number of methoxy groups -OCH3 is 1. The van der Waals surface area contributed by atoms with Crippen molar-refractivity contribution in [2.75, 3.05) is 17.7 Å². The maximum absolute atomic E-state index is 13.3. The van der Waals surface area contributed by atoms with E-state index in [4.69, 9.17) is 4.74 Å². The summed E-state index contributed by atoms with van der Waals surface area (Å²) in [5.74, 6) is 1.02. The molecule has 1 atom stereocenters. The van der Waals surface area contributed by atoms with E-state index in [1.54, 1.807) is 11.8 Å². The first kappa shape index (κ1) is 19.2. The van der Waals surface area contributed by atoms with E-state index in [-0.39, 0.29) is 5.91 Å². The minimum absolute atomic E-state index is 0.216. The fourth-order valence-corrected chi connectivity index (χ4v) is 3.81. The van der Waals surface area contributed by atoms with Gasteiger partial charge >= 0.3 is 0 Å². The predicted molar refractivity (Wildman–Crippen MR) is 115 cm³/mol. The molecule has 4 rings (SSSR count). The van der Waals surface area contributed by atoms with E-state index in [0.29, 0.717) is 23.0 Å². The topological polar surface area (TPSA) is 81.1 Å². The highest BCUT2D eigenvalue weighted by atomic mass is 79.9. The normalized spacial score (nSPS) is 15.5. The fourth-order valence-electron chi connectivity index (χ4n) is 3.43. The highest BCUT2D eigenvalue weighted by Gasteiger charge is 2.35. The molecule has 0 spiro atoms. The van der Waals surface area contributed by atoms with Gasteiger partial charge in [0.1, 0.15) is 18.1 Å². The second-order valence-electron chi connectivity index (χ2n) is 6.80. The summed E-state index contributed by atoms with van der Waals surface area (Å²) >= 11 is 3.52. The number of hydrogen-bond acceptors (Lipinski definition) is 5. The molecule has 0 fully saturated rings. The zero-order valence-electron chi connectivity index (χ0n) is 16.2. The van der Waals surface area contributed by atoms with Gasteiger partial charge in [-0.15, -0.1) is 0 Å². The van der Waals surface area contributed by atoms with Crippen molar-refractivity contribution >= 4 is 33.5 Å². The molecular formula is C21H20BrN5O2. The van der Waals surface area contributed by atoms with Crippen LogP contribution in [0.3, 0.4) is 0 Å². The van der Waals surface area contributed by atoms with Crippen LogP contribution in [0.5, 0.6) is 5.75 Å². The lowest BCUT2D eigenvalue weighted by molar-refractivity contribution is -0.113. The molecule has 0 bridgehead atoms. The van der Waals surface area contributed by atoms with Gasteiger partial charge in [0.05, 0.1) is 12.7 Å². The van der Waals surface area contributed by atoms with Crippen LogP contribution in [0.2, 0.25) is 0 Å². The van der Waals surface area contributed by atoms with Crippen molar-refractivity contribution < 1.29 is 9.53 Å². The number of rotatable bonds is 4. The zero-order chi connectivity index (χ0) is 20.5. The Labute approximate surface area is 176 Å². The molecular weight excluding hydrogens is 434 g/mol. The Morgan fingerprint density at radius 1 is 1.21 bits per heavy atom. The van der Waals surface area contributed by atoms with Crippen LogP contribution in [0, 0.1) is 6.92 Å². The molecule has 2 heterocycles. The summed E-state index contributed by atoms with van der Waals surface area (Å²) < 4.78 is 8.16. The molecule has 2 aromatic carbocycles. The molecule has 1 unspecified atom stereocenters. The molecule has 29 heavy (non-hydrogen) atoms. The average Bonchev–Trinajstić information content (AvgIpc) is 3.16. The predicted octanol–water partition coefficient (Wildman–Crippen LogP) is 4.29. The Bertz CT molecular complexity index is 1100. The fraction of sp³-hybridized carbons (Fsp3) is 0.190. The molecule has 0 radical (unpaired) electrons. The van der Waals surface area contributed by atoms with Crippen molar-refractivity contribution in [3.05, 3.63) is 75.7 Å². The quantitative estimate of drug-likeness (QED) is 0.615. The number of anilines is 2. The number of nitrogens with one attached hydrogen (secondary N) is 2. The molecule has 1 aliphatic rings. The third kappa shape index (κ3) is 3.63. The summed E-state index contributed by atoms with van der Waals surface area (Å²) in [7, 11) is 1.61. The average molecular weight is 454 g/mol. The smallest absolute Gasteiger partial charge is 0.255 e. The van der Waals surface area contributed by atoms with E-state index in [1.807, 2.05) is 56.3 Å². The molecule has 0 saturated heterocycles. The summed E-state index contributed by atoms with van der Waals surface area (Å²) in [6.45, 7) is 3.87. The third-order valence-electron chi connectivity index (χ3n) is 4.83. The monoisotopic (exact) mass is 453 g/mol. The van der Waals surface area contributed by atoms with E-state index < -0.39 is 6.04 Å². The summed E-state index contributed by atoms with van der Waals surface area (Å²) in [5.41, 5.74) is 3.91. The maximum Gasteiger partial charge on any atom is 0.255 e. The van der Waals surface area contributed by atoms with Crippen molar-refractivity contribution in [2.45, 2.75) is 19.9 Å². The molecule has 0 aliphatic carbocycles. The van der Waals surface area contributed by atoms with Crippen molar-refractivity contribution in [3.63, 3.8) is 0 Å². The lowest BCUT2D eigenvalue weighted by Gasteiger charge is -2.29. The SMILES string of the molecule is COc1ccc(Br)cc1C1C(C(=O)Nc2ccc(C)cc2)=C(C)Nc2ncnn21. The number of aromatic nitrogens is 3. The summed E-state index contributed by atoms with van der Waals surface area (Å²) in [4.78, 5) is 17.6. The van der Waals surface area contributed by atoms with Gasteiger partial charge in [-0.25, -0.2) is 4.68 Å². The van der Waals surface area contributed by atoms with Crippen LogP contribution in [0.15, 0.2) is 64.5 Å². The standard InChI is InChI=1S/C21H20BrN5O2/c1-12-4-7-15(8-5-12)26-20(28)18-13(2)25-21-23-11-24-27(21)19(18)16-10-14(22)6-9-17(16)29-3/h4-11,19H,1-3H3,(H,26,28)(H,23,24,25). The van der Waals surface area contributed by atoms with Crippen molar-refractivity contribution in [1.82, 2.24) is 14.8 Å². The van der Waals surface area contributed by atoms with Gasteiger partial charge in [-0.3, -0.25) is 4.79 Å². The van der Waals surface area contributed by atoms with Crippen molar-refractivity contribution in [2.24, 2.45) is 0 Å². The van der Waals surface area contributed by atoms with Gasteiger partial charge in [0.2, 0.25) is 5.95 Å². The van der Waals surface area contributed by atoms with Crippen molar-refractivity contribution in [1.29, 1.82) is 0 Å². The van der Waals surface area contributed by atoms with E-state index in [2.05, 4.69) is 36.6 Å². The Morgan fingerprint density at radius 2 is 1.97 bits per heavy atom. The summed E-state index contributed by atoms with van der Waals surface area (Å²) in [5, 5.41) is 10.5. The number of benzene rings is 2. The lowest BCUT2D eigenvalue weighted by Crippen LogP contribution is -2.31. The largest absolute Gasteiger partial charge is 0.496 e. The highest BCUT2D eigenvalue weighted by Crippen LogP contribution is 2.40. The number of allylic oxidation sites excluding steroid dienone is 1. The van der Waals surface area contributed by atoms with Gasteiger partial charge in [-0.05, 0) is 44.2 Å². The van der Waals surface area contributed by atoms with Crippen LogP contribution in [0.4, 0.5) is 11.6 Å². The highest BCUT2D eigenvalue weighted by molar-refractivity contribution is 9.10. The molecule has 1 amide bonds. The van der Waals surface area contributed by atoms with E-state index >= 15 is 0 Å². The molecule has 3 aromatic rings. The molecule has 1 aliphatic heterocycles. The Kier molecular flexibility index (Phi) is 5.10. The van der Waals surface area contributed by atoms with Gasteiger partial charge in [0, 0.05) is 21.4 Å². The van der Waals surface area contributed by atoms with Crippen LogP contribution in [-0.4, -0.2) is 27.8 Å². The van der Waals surface area contributed by atoms with E-state index in [1.165, 1.54) is 6.33 Å². The van der Waals surface area contributed by atoms with Gasteiger partial charge in [0.25, 0.3) is 5.91 Å². The summed E-state index contributed by atoms with van der Waals surface area (Å²) in [6, 6.07) is 12.9. The van der Waals surface area contributed by atoms with Gasteiger partial charge < -0.3 is 15.4 Å². The number of hydrogen-bond donors (Lipinski definition) is 2. The molecule has 8 heteroatoms. The number of nitrogens with zero attached hydrogens (tertiary/aromatic N) is 3. The lowest BCUT2D eigenvalue weighted by atomic mass is 9.94. The first-order valence-corrected chi connectivity index (χ1v) is 9.86. The van der Waals surface area contributed by atoms with E-state index in [9.17, 15) is 4.79 Å². The van der Waals surface area contributed by atoms with E-state index in [0.717, 1.165) is 21.3 Å². The molecule has 148 valence electrons. The second-order valence-corrected chi connectivity index (χ2v) is 7.72. The van der Waals surface area contributed by atoms with Crippen LogP contribution >= 0.6 is 15.9 Å². The molecule has 1 aromatic heterocycles. The number of halogens is 1. The molecule has 7 nitrogen and oxygen atoms in total. The Morgan fingerprint density at radius 3 is 2.69 bits per heavy atom. The third-order valence-corrected chi connectivity index (χ3v) is 5.33. The summed E-state index contributed by atoms with van der Waals surface area (Å²) in [6.07, 6.45) is 1.47. The molecule has 2 N–H and O–H groups in total. The van der Waals surface area contributed by atoms with Gasteiger partial charge in [-0.1, -0.05) is 33.6 Å². The number of carbonyl (C=O) groups is 1. The number of ether oxygens (including phenoxy) is 1. The number of carbonyl (C=O) groups excluding carboxylic acids is 1. The van der Waals surface area contributed by atoms with Gasteiger partial charge in [-0.2, -0.15) is 10.1 Å². The minimum atomic E-state index is -0.494. The van der Waals surface area contributed by atoms with Crippen molar-refractivity contribution in [3.8, 4) is 5.75 Å². The Hall–Kier alpha value is -3.13. The maximum atomic E-state index is 13.3. The van der Waals surface area contributed by atoms with Crippen LogP contribution in [-0.2, 0) is 4.79 Å². The van der Waals surface area contributed by atoms with Crippen LogP contribution in [0.1, 0.15) is 24.1 Å². The Balaban J connectivity index is 1.81.